The Hall–Kier alpha value is -1.62. The second kappa shape index (κ2) is 6.20. The van der Waals surface area contributed by atoms with Crippen molar-refractivity contribution in [2.45, 2.75) is 26.3 Å². The number of ether oxygens (including phenoxy) is 1. The number of aromatic nitrogens is 1. The highest BCUT2D eigenvalue weighted by atomic mass is 16.5. The molecule has 0 saturated heterocycles. The Balaban J connectivity index is 2.73. The van der Waals surface area contributed by atoms with Gasteiger partial charge in [-0.2, -0.15) is 0 Å². The van der Waals surface area contributed by atoms with Crippen LogP contribution in [0.25, 0.3) is 0 Å². The van der Waals surface area contributed by atoms with Gasteiger partial charge in [0.15, 0.2) is 0 Å². The van der Waals surface area contributed by atoms with E-state index in [9.17, 15) is 4.79 Å². The first kappa shape index (κ1) is 13.4. The first-order valence-corrected chi connectivity index (χ1v) is 5.50. The standard InChI is InChI=1S/C12H18N2O3/c1-8(4-5-17-3)13-11-7-10(12(15)16)6-9(2)14-11/h6-8H,4-5H2,1-3H3,(H,13,14)(H,15,16). The van der Waals surface area contributed by atoms with Crippen LogP contribution in [0.2, 0.25) is 0 Å². The van der Waals surface area contributed by atoms with Crippen LogP contribution in [-0.2, 0) is 4.74 Å². The molecular weight excluding hydrogens is 220 g/mol. The zero-order valence-corrected chi connectivity index (χ0v) is 10.4. The Kier molecular flexibility index (Phi) is 4.90. The summed E-state index contributed by atoms with van der Waals surface area (Å²) in [6.07, 6.45) is 0.842. The van der Waals surface area contributed by atoms with Crippen LogP contribution >= 0.6 is 0 Å². The number of pyridine rings is 1. The van der Waals surface area contributed by atoms with Gasteiger partial charge in [0.25, 0.3) is 0 Å². The number of aromatic carboxylic acids is 1. The number of nitrogens with zero attached hydrogens (tertiary/aromatic N) is 1. The van der Waals surface area contributed by atoms with E-state index in [1.807, 2.05) is 6.92 Å². The maximum atomic E-state index is 10.9. The summed E-state index contributed by atoms with van der Waals surface area (Å²) in [5.41, 5.74) is 0.935. The van der Waals surface area contributed by atoms with Gasteiger partial charge in [-0.15, -0.1) is 0 Å². The lowest BCUT2D eigenvalue weighted by molar-refractivity contribution is 0.0696. The molecule has 1 aromatic rings. The van der Waals surface area contributed by atoms with Crippen LogP contribution in [0.5, 0.6) is 0 Å². The first-order chi connectivity index (χ1) is 8.02. The number of methoxy groups -OCH3 is 1. The average molecular weight is 238 g/mol. The van der Waals surface area contributed by atoms with Gasteiger partial charge in [-0.05, 0) is 32.4 Å². The van der Waals surface area contributed by atoms with Crippen molar-refractivity contribution in [1.29, 1.82) is 0 Å². The van der Waals surface area contributed by atoms with E-state index < -0.39 is 5.97 Å². The monoisotopic (exact) mass is 238 g/mol. The Bertz CT molecular complexity index is 393. The van der Waals surface area contributed by atoms with E-state index in [-0.39, 0.29) is 11.6 Å². The Morgan fingerprint density at radius 2 is 2.29 bits per heavy atom. The molecule has 0 amide bonds. The Morgan fingerprint density at radius 1 is 1.59 bits per heavy atom. The van der Waals surface area contributed by atoms with E-state index in [1.54, 1.807) is 26.2 Å². The van der Waals surface area contributed by atoms with Crippen molar-refractivity contribution < 1.29 is 14.6 Å². The van der Waals surface area contributed by atoms with E-state index >= 15 is 0 Å². The maximum absolute atomic E-state index is 10.9. The number of nitrogens with one attached hydrogen (secondary N) is 1. The molecule has 0 aliphatic carbocycles. The second-order valence-corrected chi connectivity index (χ2v) is 4.01. The van der Waals surface area contributed by atoms with E-state index in [0.29, 0.717) is 18.1 Å². The summed E-state index contributed by atoms with van der Waals surface area (Å²) in [7, 11) is 1.65. The number of carbonyl (C=O) groups is 1. The lowest BCUT2D eigenvalue weighted by Gasteiger charge is -2.14. The highest BCUT2D eigenvalue weighted by molar-refractivity contribution is 5.88. The molecule has 1 atom stereocenters. The topological polar surface area (TPSA) is 71.5 Å². The van der Waals surface area contributed by atoms with E-state index in [1.165, 1.54) is 0 Å². The molecule has 5 heteroatoms. The maximum Gasteiger partial charge on any atom is 0.335 e. The molecule has 1 aromatic heterocycles. The summed E-state index contributed by atoms with van der Waals surface area (Å²) in [4.78, 5) is 15.1. The lowest BCUT2D eigenvalue weighted by Crippen LogP contribution is -2.18. The Morgan fingerprint density at radius 3 is 2.88 bits per heavy atom. The third-order valence-corrected chi connectivity index (χ3v) is 2.35. The van der Waals surface area contributed by atoms with Gasteiger partial charge in [-0.25, -0.2) is 9.78 Å². The van der Waals surface area contributed by atoms with Crippen LogP contribution in [0.15, 0.2) is 12.1 Å². The predicted octanol–water partition coefficient (Wildman–Crippen LogP) is 1.93. The van der Waals surface area contributed by atoms with Crippen LogP contribution in [0.3, 0.4) is 0 Å². The van der Waals surface area contributed by atoms with Crippen molar-refractivity contribution in [1.82, 2.24) is 4.98 Å². The van der Waals surface area contributed by atoms with Gasteiger partial charge < -0.3 is 15.2 Å². The largest absolute Gasteiger partial charge is 0.478 e. The van der Waals surface area contributed by atoms with Crippen molar-refractivity contribution in [3.05, 3.63) is 23.4 Å². The second-order valence-electron chi connectivity index (χ2n) is 4.01. The van der Waals surface area contributed by atoms with Gasteiger partial charge in [-0.3, -0.25) is 0 Å². The molecule has 0 radical (unpaired) electrons. The molecule has 2 N–H and O–H groups in total. The van der Waals surface area contributed by atoms with Crippen molar-refractivity contribution >= 4 is 11.8 Å². The third-order valence-electron chi connectivity index (χ3n) is 2.35. The van der Waals surface area contributed by atoms with Gasteiger partial charge in [0.1, 0.15) is 5.82 Å². The molecule has 94 valence electrons. The molecule has 17 heavy (non-hydrogen) atoms. The van der Waals surface area contributed by atoms with E-state index in [0.717, 1.165) is 6.42 Å². The van der Waals surface area contributed by atoms with Crippen LogP contribution in [0, 0.1) is 6.92 Å². The fourth-order valence-corrected chi connectivity index (χ4v) is 1.49. The molecular formula is C12H18N2O3. The van der Waals surface area contributed by atoms with Crippen LogP contribution in [0.4, 0.5) is 5.82 Å². The highest BCUT2D eigenvalue weighted by Crippen LogP contribution is 2.12. The van der Waals surface area contributed by atoms with E-state index in [4.69, 9.17) is 9.84 Å². The summed E-state index contributed by atoms with van der Waals surface area (Å²) in [6.45, 7) is 4.44. The quantitative estimate of drug-likeness (QED) is 0.792. The van der Waals surface area contributed by atoms with Crippen LogP contribution in [-0.4, -0.2) is 35.8 Å². The SMILES string of the molecule is COCCC(C)Nc1cc(C(=O)O)cc(C)n1. The number of carboxylic acid groups (broad SMARTS) is 1. The molecule has 1 unspecified atom stereocenters. The highest BCUT2D eigenvalue weighted by Gasteiger charge is 2.08. The van der Waals surface area contributed by atoms with Gasteiger partial charge in [0.2, 0.25) is 0 Å². The average Bonchev–Trinajstić information content (AvgIpc) is 2.25. The van der Waals surface area contributed by atoms with Gasteiger partial charge in [-0.1, -0.05) is 0 Å². The molecule has 0 aliphatic heterocycles. The van der Waals surface area contributed by atoms with Gasteiger partial charge in [0.05, 0.1) is 5.56 Å². The molecule has 5 nitrogen and oxygen atoms in total. The van der Waals surface area contributed by atoms with Crippen molar-refractivity contribution in [2.24, 2.45) is 0 Å². The number of carboxylic acids is 1. The normalized spacial score (nSPS) is 12.2. The molecule has 0 saturated carbocycles. The number of anilines is 1. The smallest absolute Gasteiger partial charge is 0.335 e. The van der Waals surface area contributed by atoms with E-state index in [2.05, 4.69) is 10.3 Å². The summed E-state index contributed by atoms with van der Waals surface area (Å²) in [5.74, 6) is -0.353. The summed E-state index contributed by atoms with van der Waals surface area (Å²) in [5, 5.41) is 12.1. The van der Waals surface area contributed by atoms with Gasteiger partial charge in [0, 0.05) is 25.5 Å². The zero-order valence-electron chi connectivity index (χ0n) is 10.4. The molecule has 0 aromatic carbocycles. The minimum Gasteiger partial charge on any atom is -0.478 e. The predicted molar refractivity (Wildman–Crippen MR) is 65.5 cm³/mol. The van der Waals surface area contributed by atoms with Crippen molar-refractivity contribution in [3.8, 4) is 0 Å². The molecule has 1 heterocycles. The van der Waals surface area contributed by atoms with Crippen LogP contribution < -0.4 is 5.32 Å². The number of rotatable bonds is 6. The molecule has 0 spiro atoms. The number of aryl methyl sites for hydroxylation is 1. The number of hydrogen-bond acceptors (Lipinski definition) is 4. The summed E-state index contributed by atoms with van der Waals surface area (Å²) in [6, 6.07) is 3.28. The first-order valence-electron chi connectivity index (χ1n) is 5.50. The van der Waals surface area contributed by atoms with Crippen molar-refractivity contribution in [3.63, 3.8) is 0 Å². The fraction of sp³-hybridized carbons (Fsp3) is 0.500. The molecule has 0 aliphatic rings. The fourth-order valence-electron chi connectivity index (χ4n) is 1.49. The van der Waals surface area contributed by atoms with Gasteiger partial charge >= 0.3 is 5.97 Å². The number of hydrogen-bond donors (Lipinski definition) is 2. The lowest BCUT2D eigenvalue weighted by atomic mass is 10.2. The summed E-state index contributed by atoms with van der Waals surface area (Å²) < 4.78 is 4.98. The minimum atomic E-state index is -0.942. The zero-order chi connectivity index (χ0) is 12.8. The molecule has 0 fully saturated rings. The van der Waals surface area contributed by atoms with Crippen molar-refractivity contribution in [2.75, 3.05) is 19.0 Å². The molecule has 1 rings (SSSR count). The Labute approximate surface area is 101 Å². The minimum absolute atomic E-state index is 0.186. The van der Waals surface area contributed by atoms with Crippen LogP contribution in [0.1, 0.15) is 29.4 Å². The third kappa shape index (κ3) is 4.40. The molecule has 0 bridgehead atoms. The summed E-state index contributed by atoms with van der Waals surface area (Å²) >= 11 is 0.